The van der Waals surface area contributed by atoms with E-state index in [1.54, 1.807) is 11.1 Å². The van der Waals surface area contributed by atoms with Gasteiger partial charge < -0.3 is 0 Å². The summed E-state index contributed by atoms with van der Waals surface area (Å²) in [4.78, 5) is 0. The Labute approximate surface area is 277 Å². The Morgan fingerprint density at radius 1 is 0.622 bits per heavy atom. The number of fused-ring (bicyclic) bond motifs is 2. The van der Waals surface area contributed by atoms with Gasteiger partial charge in [-0.05, 0) is 110 Å². The monoisotopic (exact) mass is 616 g/mol. The van der Waals surface area contributed by atoms with Crippen molar-refractivity contribution in [3.05, 3.63) is 107 Å². The second-order valence-electron chi connectivity index (χ2n) is 18.3. The summed E-state index contributed by atoms with van der Waals surface area (Å²) in [6.07, 6.45) is 17.7. The van der Waals surface area contributed by atoms with Gasteiger partial charge in [0.05, 0.1) is 8.07 Å². The molecule has 1 heteroatoms. The van der Waals surface area contributed by atoms with E-state index in [1.807, 2.05) is 0 Å². The van der Waals surface area contributed by atoms with Crippen LogP contribution in [-0.2, 0) is 10.8 Å². The van der Waals surface area contributed by atoms with Crippen molar-refractivity contribution in [2.45, 2.75) is 110 Å². The molecule has 2 fully saturated rings. The fraction of sp³-hybridized carbons (Fsp3) is 0.545. The van der Waals surface area contributed by atoms with Gasteiger partial charge in [-0.1, -0.05) is 160 Å². The molecule has 2 aromatic rings. The highest BCUT2D eigenvalue weighted by molar-refractivity contribution is 6.80. The molecule has 8 atom stereocenters. The van der Waals surface area contributed by atoms with E-state index < -0.39 is 8.07 Å². The van der Waals surface area contributed by atoms with Crippen LogP contribution in [-0.4, -0.2) is 8.07 Å². The number of allylic oxidation sites excluding steroid dienone is 8. The zero-order chi connectivity index (χ0) is 32.5. The Kier molecular flexibility index (Phi) is 8.46. The fourth-order valence-electron chi connectivity index (χ4n) is 10.6. The molecule has 0 aromatic heterocycles. The minimum absolute atomic E-state index is 0.188. The average molecular weight is 617 g/mol. The van der Waals surface area contributed by atoms with Gasteiger partial charge in [-0.15, -0.1) is 0 Å². The molecular weight excluding hydrogens is 557 g/mol. The highest BCUT2D eigenvalue weighted by Crippen LogP contribution is 2.65. The second kappa shape index (κ2) is 11.7. The van der Waals surface area contributed by atoms with Crippen LogP contribution in [0.25, 0.3) is 11.1 Å². The fourth-order valence-corrected chi connectivity index (χ4v) is 16.9. The third-order valence-electron chi connectivity index (χ3n) is 12.7. The number of benzene rings is 2. The van der Waals surface area contributed by atoms with Gasteiger partial charge in [-0.3, -0.25) is 0 Å². The predicted molar refractivity (Wildman–Crippen MR) is 200 cm³/mol. The molecular formula is C44H60Si. The van der Waals surface area contributed by atoms with Crippen LogP contribution >= 0.6 is 0 Å². The van der Waals surface area contributed by atoms with Gasteiger partial charge in [0.2, 0.25) is 0 Å². The van der Waals surface area contributed by atoms with Gasteiger partial charge in [0.25, 0.3) is 0 Å². The lowest BCUT2D eigenvalue weighted by atomic mass is 9.80. The summed E-state index contributed by atoms with van der Waals surface area (Å²) in [7, 11) is -1.73. The quantitative estimate of drug-likeness (QED) is 0.293. The van der Waals surface area contributed by atoms with Gasteiger partial charge in [-0.25, -0.2) is 0 Å². The van der Waals surface area contributed by atoms with Gasteiger partial charge in [-0.2, -0.15) is 0 Å². The Hall–Kier alpha value is -2.38. The Morgan fingerprint density at radius 2 is 1.04 bits per heavy atom. The van der Waals surface area contributed by atoms with Crippen LogP contribution in [0.3, 0.4) is 0 Å². The van der Waals surface area contributed by atoms with Crippen molar-refractivity contribution >= 4 is 19.2 Å². The molecule has 0 nitrogen and oxygen atoms in total. The van der Waals surface area contributed by atoms with Gasteiger partial charge in [0, 0.05) is 0 Å². The van der Waals surface area contributed by atoms with E-state index in [-0.39, 0.29) is 10.8 Å². The minimum atomic E-state index is -1.73. The third-order valence-corrected chi connectivity index (χ3v) is 17.9. The molecule has 0 N–H and O–H groups in total. The number of rotatable bonds is 5. The standard InChI is InChI=1S/C44H60Si/c1-28(2)38-27-40-35(31-20-24-33(25-21-31)44(7,8)9)15-13-17-37(40)42(38)45(10,11)41-29(3)26-39-34(14-12-16-36(39)41)30-18-22-32(23-19-30)43(4,5)6/h12-25,28-29,36-42H,26-27H2,1-11H3. The zero-order valence-corrected chi connectivity index (χ0v) is 31.2. The van der Waals surface area contributed by atoms with E-state index in [0.717, 1.165) is 28.8 Å². The molecule has 0 bridgehead atoms. The molecule has 0 aliphatic heterocycles. The smallest absolute Gasteiger partial charge is 0.0553 e. The zero-order valence-electron chi connectivity index (χ0n) is 30.2. The molecule has 0 radical (unpaired) electrons. The van der Waals surface area contributed by atoms with Crippen LogP contribution in [0.15, 0.2) is 85.0 Å². The van der Waals surface area contributed by atoms with Crippen LogP contribution in [0, 0.1) is 41.4 Å². The van der Waals surface area contributed by atoms with Crippen molar-refractivity contribution in [1.29, 1.82) is 0 Å². The summed E-state index contributed by atoms with van der Waals surface area (Å²) in [6.45, 7) is 27.2. The average Bonchev–Trinajstić information content (AvgIpc) is 3.55. The first-order valence-electron chi connectivity index (χ1n) is 18.1. The topological polar surface area (TPSA) is 0 Å². The van der Waals surface area contributed by atoms with E-state index >= 15 is 0 Å². The summed E-state index contributed by atoms with van der Waals surface area (Å²) in [5.41, 5.74) is 10.9. The first-order valence-corrected chi connectivity index (χ1v) is 21.2. The van der Waals surface area contributed by atoms with Crippen LogP contribution in [0.1, 0.15) is 97.4 Å². The van der Waals surface area contributed by atoms with E-state index in [2.05, 4.69) is 160 Å². The maximum Gasteiger partial charge on any atom is 0.0553 e. The SMILES string of the molecule is CC(C)C1CC2C(c3ccc(C(C)(C)C)cc3)=CC=CC2C1[Si](C)(C)C1C(C)CC2C(c3ccc(C(C)(C)C)cc3)=CC=CC21. The maximum atomic E-state index is 2.81. The molecule has 0 amide bonds. The molecule has 240 valence electrons. The Bertz CT molecular complexity index is 1490. The first-order chi connectivity index (χ1) is 21.1. The third kappa shape index (κ3) is 5.86. The van der Waals surface area contributed by atoms with Crippen molar-refractivity contribution in [3.63, 3.8) is 0 Å². The molecule has 4 aliphatic rings. The van der Waals surface area contributed by atoms with Crippen molar-refractivity contribution in [2.24, 2.45) is 41.4 Å². The number of hydrogen-bond acceptors (Lipinski definition) is 0. The molecule has 6 rings (SSSR count). The van der Waals surface area contributed by atoms with Gasteiger partial charge in [0.1, 0.15) is 0 Å². The number of hydrogen-bond donors (Lipinski definition) is 0. The van der Waals surface area contributed by atoms with Crippen molar-refractivity contribution in [3.8, 4) is 0 Å². The highest BCUT2D eigenvalue weighted by Gasteiger charge is 2.58. The molecule has 2 aromatic carbocycles. The lowest BCUT2D eigenvalue weighted by Crippen LogP contribution is -2.46. The normalized spacial score (nSPS) is 31.6. The molecule has 0 heterocycles. The van der Waals surface area contributed by atoms with Crippen molar-refractivity contribution in [1.82, 2.24) is 0 Å². The van der Waals surface area contributed by atoms with Gasteiger partial charge in [0.15, 0.2) is 0 Å². The van der Waals surface area contributed by atoms with Crippen molar-refractivity contribution < 1.29 is 0 Å². The highest BCUT2D eigenvalue weighted by atomic mass is 28.3. The Morgan fingerprint density at radius 3 is 1.47 bits per heavy atom. The first kappa shape index (κ1) is 32.6. The summed E-state index contributed by atoms with van der Waals surface area (Å²) in [5, 5.41) is 0. The lowest BCUT2D eigenvalue weighted by molar-refractivity contribution is 0.372. The second-order valence-corrected chi connectivity index (χ2v) is 23.2. The van der Waals surface area contributed by atoms with E-state index in [0.29, 0.717) is 23.7 Å². The minimum Gasteiger partial charge on any atom is -0.0808 e. The lowest BCUT2D eigenvalue weighted by Gasteiger charge is -2.47. The van der Waals surface area contributed by atoms with Crippen LogP contribution in [0.4, 0.5) is 0 Å². The van der Waals surface area contributed by atoms with Crippen LogP contribution in [0.2, 0.25) is 24.2 Å². The van der Waals surface area contributed by atoms with E-state index in [4.69, 9.17) is 0 Å². The Balaban J connectivity index is 1.29. The summed E-state index contributed by atoms with van der Waals surface area (Å²) in [5.74, 6) is 4.91. The molecule has 8 unspecified atom stereocenters. The van der Waals surface area contributed by atoms with E-state index in [1.165, 1.54) is 35.1 Å². The molecule has 0 spiro atoms. The molecule has 2 saturated carbocycles. The van der Waals surface area contributed by atoms with Crippen LogP contribution < -0.4 is 0 Å². The summed E-state index contributed by atoms with van der Waals surface area (Å²) < 4.78 is 0. The predicted octanol–water partition coefficient (Wildman–Crippen LogP) is 12.5. The van der Waals surface area contributed by atoms with Crippen molar-refractivity contribution in [2.75, 3.05) is 0 Å². The van der Waals surface area contributed by atoms with E-state index in [9.17, 15) is 0 Å². The summed E-state index contributed by atoms with van der Waals surface area (Å²) >= 11 is 0. The largest absolute Gasteiger partial charge is 0.0808 e. The molecule has 0 saturated heterocycles. The van der Waals surface area contributed by atoms with Crippen LogP contribution in [0.5, 0.6) is 0 Å². The summed E-state index contributed by atoms with van der Waals surface area (Å²) in [6, 6.07) is 19.2. The van der Waals surface area contributed by atoms with Gasteiger partial charge >= 0.3 is 0 Å². The molecule has 4 aliphatic carbocycles. The maximum absolute atomic E-state index is 2.81. The molecule has 45 heavy (non-hydrogen) atoms.